The number of aliphatic hydroxyl groups is 1. The second kappa shape index (κ2) is 15.3. The number of carbonyl (C=O) groups is 2. The third kappa shape index (κ3) is 8.00. The van der Waals surface area contributed by atoms with Gasteiger partial charge in [0.25, 0.3) is 5.91 Å². The first-order valence-corrected chi connectivity index (χ1v) is 16.8. The number of carbonyl (C=O) groups excluding carboxylic acids is 2. The predicted octanol–water partition coefficient (Wildman–Crippen LogP) is 6.98. The first-order valence-electron chi connectivity index (χ1n) is 16.8. The monoisotopic (exact) mass is 660 g/mol. The van der Waals surface area contributed by atoms with Gasteiger partial charge in [-0.2, -0.15) is 0 Å². The van der Waals surface area contributed by atoms with Crippen molar-refractivity contribution in [1.29, 1.82) is 0 Å². The number of fused-ring (bicyclic) bond motifs is 2. The quantitative estimate of drug-likeness (QED) is 0.117. The highest BCUT2D eigenvalue weighted by Gasteiger charge is 2.39. The normalized spacial score (nSPS) is 20.0. The Morgan fingerprint density at radius 2 is 1.45 bits per heavy atom. The minimum absolute atomic E-state index is 0.0150. The van der Waals surface area contributed by atoms with Crippen LogP contribution in [-0.4, -0.2) is 47.7 Å². The fourth-order valence-corrected chi connectivity index (χ4v) is 6.68. The molecule has 0 aliphatic carbocycles. The summed E-state index contributed by atoms with van der Waals surface area (Å²) >= 11 is 0. The number of hydrogen-bond donors (Lipinski definition) is 2. The smallest absolute Gasteiger partial charge is 0.303 e. The molecule has 0 aromatic heterocycles. The molecule has 1 heterocycles. The van der Waals surface area contributed by atoms with Gasteiger partial charge in [-0.3, -0.25) is 14.5 Å². The third-order valence-corrected chi connectivity index (χ3v) is 9.36. The summed E-state index contributed by atoms with van der Waals surface area (Å²) in [5.41, 5.74) is 4.95. The van der Waals surface area contributed by atoms with Gasteiger partial charge in [0.1, 0.15) is 0 Å². The Kier molecular flexibility index (Phi) is 10.7. The molecule has 5 aromatic carbocycles. The highest BCUT2D eigenvalue weighted by atomic mass is 16.7. The van der Waals surface area contributed by atoms with E-state index in [-0.39, 0.29) is 30.6 Å². The SMILES string of the molecule is CC(=O)O[C@@H](C)C(=O)NCc1ccc(C2O[C@H](CN(C)Cc3c4ccccc4cc4ccccc34)[C@H](C)[C@H](c3ccc(CO)cc3)O2)cc1. The summed E-state index contributed by atoms with van der Waals surface area (Å²) in [7, 11) is 2.15. The summed E-state index contributed by atoms with van der Waals surface area (Å²) < 4.78 is 18.4. The van der Waals surface area contributed by atoms with Crippen LogP contribution in [0, 0.1) is 5.92 Å². The van der Waals surface area contributed by atoms with E-state index in [9.17, 15) is 14.7 Å². The van der Waals surface area contributed by atoms with Crippen LogP contribution in [0.1, 0.15) is 61.0 Å². The molecule has 5 aromatic rings. The highest BCUT2D eigenvalue weighted by molar-refractivity contribution is 6.02. The van der Waals surface area contributed by atoms with Gasteiger partial charge >= 0.3 is 5.97 Å². The molecule has 5 atom stereocenters. The van der Waals surface area contributed by atoms with E-state index in [4.69, 9.17) is 14.2 Å². The van der Waals surface area contributed by atoms with E-state index in [0.717, 1.165) is 28.8 Å². The Labute approximate surface area is 287 Å². The second-order valence-electron chi connectivity index (χ2n) is 13.0. The summed E-state index contributed by atoms with van der Waals surface area (Å²) in [5, 5.41) is 17.4. The molecular formula is C41H44N2O6. The lowest BCUT2D eigenvalue weighted by Crippen LogP contribution is -2.43. The largest absolute Gasteiger partial charge is 0.453 e. The van der Waals surface area contributed by atoms with Crippen LogP contribution in [0.2, 0.25) is 0 Å². The lowest BCUT2D eigenvalue weighted by molar-refractivity contribution is -0.276. The van der Waals surface area contributed by atoms with Crippen LogP contribution in [0.5, 0.6) is 0 Å². The molecule has 1 amide bonds. The number of likely N-dealkylation sites (N-methyl/N-ethyl adjacent to an activating group) is 1. The number of nitrogens with one attached hydrogen (secondary N) is 1. The van der Waals surface area contributed by atoms with E-state index in [2.05, 4.69) is 78.8 Å². The molecule has 0 saturated carbocycles. The van der Waals surface area contributed by atoms with E-state index < -0.39 is 18.4 Å². The Morgan fingerprint density at radius 3 is 2.06 bits per heavy atom. The van der Waals surface area contributed by atoms with E-state index >= 15 is 0 Å². The number of amides is 1. The van der Waals surface area contributed by atoms with Gasteiger partial charge in [-0.15, -0.1) is 0 Å². The maximum absolute atomic E-state index is 12.3. The van der Waals surface area contributed by atoms with E-state index in [1.807, 2.05) is 48.5 Å². The molecular weight excluding hydrogens is 616 g/mol. The lowest BCUT2D eigenvalue weighted by Gasteiger charge is -2.42. The van der Waals surface area contributed by atoms with Crippen molar-refractivity contribution < 1.29 is 28.9 Å². The first kappa shape index (κ1) is 34.3. The number of hydrogen-bond acceptors (Lipinski definition) is 7. The van der Waals surface area contributed by atoms with Gasteiger partial charge in [0.15, 0.2) is 12.4 Å². The maximum Gasteiger partial charge on any atom is 0.303 e. The zero-order valence-electron chi connectivity index (χ0n) is 28.5. The number of benzene rings is 5. The van der Waals surface area contributed by atoms with Crippen molar-refractivity contribution in [2.24, 2.45) is 5.92 Å². The molecule has 2 N–H and O–H groups in total. The average Bonchev–Trinajstić information content (AvgIpc) is 3.11. The van der Waals surface area contributed by atoms with Gasteiger partial charge in [0.2, 0.25) is 0 Å². The van der Waals surface area contributed by atoms with Crippen LogP contribution in [0.4, 0.5) is 0 Å². The molecule has 49 heavy (non-hydrogen) atoms. The van der Waals surface area contributed by atoms with Gasteiger partial charge in [0.05, 0.1) is 18.8 Å². The minimum Gasteiger partial charge on any atom is -0.453 e. The van der Waals surface area contributed by atoms with Crippen molar-refractivity contribution >= 4 is 33.4 Å². The van der Waals surface area contributed by atoms with Crippen molar-refractivity contribution in [3.8, 4) is 0 Å². The number of rotatable bonds is 11. The summed E-state index contributed by atoms with van der Waals surface area (Å²) in [4.78, 5) is 25.9. The Hall–Kier alpha value is -4.60. The molecule has 1 aliphatic rings. The van der Waals surface area contributed by atoms with Crippen molar-refractivity contribution in [2.45, 2.75) is 65.1 Å². The molecule has 8 heteroatoms. The van der Waals surface area contributed by atoms with E-state index in [1.165, 1.54) is 34.0 Å². The zero-order chi connectivity index (χ0) is 34.5. The van der Waals surface area contributed by atoms with Crippen molar-refractivity contribution in [1.82, 2.24) is 10.2 Å². The summed E-state index contributed by atoms with van der Waals surface area (Å²) in [6.45, 7) is 6.73. The van der Waals surface area contributed by atoms with E-state index in [0.29, 0.717) is 13.1 Å². The number of aliphatic hydroxyl groups excluding tert-OH is 1. The summed E-state index contributed by atoms with van der Waals surface area (Å²) in [5.74, 6) is -0.814. The van der Waals surface area contributed by atoms with Crippen LogP contribution >= 0.6 is 0 Å². The van der Waals surface area contributed by atoms with Crippen LogP contribution in [0.3, 0.4) is 0 Å². The van der Waals surface area contributed by atoms with Gasteiger partial charge in [-0.25, -0.2) is 0 Å². The van der Waals surface area contributed by atoms with Crippen LogP contribution in [0.15, 0.2) is 103 Å². The molecule has 0 bridgehead atoms. The number of esters is 1. The zero-order valence-corrected chi connectivity index (χ0v) is 28.5. The maximum atomic E-state index is 12.3. The molecule has 8 nitrogen and oxygen atoms in total. The molecule has 1 unspecified atom stereocenters. The number of ether oxygens (including phenoxy) is 3. The molecule has 1 saturated heterocycles. The second-order valence-corrected chi connectivity index (χ2v) is 13.0. The summed E-state index contributed by atoms with van der Waals surface area (Å²) in [6, 6.07) is 35.1. The topological polar surface area (TPSA) is 97.3 Å². The number of nitrogens with zero attached hydrogens (tertiary/aromatic N) is 1. The summed E-state index contributed by atoms with van der Waals surface area (Å²) in [6.07, 6.45) is -1.84. The molecule has 1 fully saturated rings. The van der Waals surface area contributed by atoms with Crippen molar-refractivity contribution in [3.05, 3.63) is 131 Å². The molecule has 254 valence electrons. The van der Waals surface area contributed by atoms with Gasteiger partial charge < -0.3 is 24.6 Å². The Morgan fingerprint density at radius 1 is 0.857 bits per heavy atom. The van der Waals surface area contributed by atoms with Gasteiger partial charge in [-0.1, -0.05) is 104 Å². The third-order valence-electron chi connectivity index (χ3n) is 9.36. The van der Waals surface area contributed by atoms with Crippen LogP contribution in [0.25, 0.3) is 21.5 Å². The Bertz CT molecular complexity index is 1850. The van der Waals surface area contributed by atoms with Crippen LogP contribution < -0.4 is 5.32 Å². The first-order chi connectivity index (χ1) is 23.7. The standard InChI is InChI=1S/C41H44N2O6/c1-26-38(24-43(4)23-37-35-11-7-5-9-33(35)21-34-10-6-8-12-36(34)37)48-41(49-39(26)31-17-15-30(25-44)16-18-31)32-19-13-29(14-20-32)22-42-40(46)27(2)47-28(3)45/h5-21,26-27,38-39,41,44H,22-25H2,1-4H3,(H,42,46)/t26-,27-,38+,39+,41?/m0/s1. The molecule has 1 aliphatic heterocycles. The lowest BCUT2D eigenvalue weighted by atomic mass is 9.89. The van der Waals surface area contributed by atoms with E-state index in [1.54, 1.807) is 6.92 Å². The molecule has 6 rings (SSSR count). The minimum atomic E-state index is -0.861. The van der Waals surface area contributed by atoms with Gasteiger partial charge in [-0.05, 0) is 63.8 Å². The van der Waals surface area contributed by atoms with Gasteiger partial charge in [0, 0.05) is 38.0 Å². The highest BCUT2D eigenvalue weighted by Crippen LogP contribution is 2.42. The van der Waals surface area contributed by atoms with Crippen LogP contribution in [-0.2, 0) is 43.5 Å². The van der Waals surface area contributed by atoms with Crippen molar-refractivity contribution in [3.63, 3.8) is 0 Å². The Balaban J connectivity index is 1.22. The fraction of sp³-hybridized carbons (Fsp3) is 0.317. The molecule has 0 spiro atoms. The average molecular weight is 661 g/mol. The van der Waals surface area contributed by atoms with Crippen molar-refractivity contribution in [2.75, 3.05) is 13.6 Å². The molecule has 0 radical (unpaired) electrons. The predicted molar refractivity (Wildman–Crippen MR) is 190 cm³/mol. The fourth-order valence-electron chi connectivity index (χ4n) is 6.68.